The van der Waals surface area contributed by atoms with Crippen molar-refractivity contribution in [3.63, 3.8) is 0 Å². The third-order valence-electron chi connectivity index (χ3n) is 5.34. The van der Waals surface area contributed by atoms with Crippen LogP contribution < -0.4 is 15.6 Å². The number of amides is 1. The molecule has 4 rings (SSSR count). The van der Waals surface area contributed by atoms with Crippen molar-refractivity contribution in [2.24, 2.45) is 0 Å². The number of hydrogen-bond acceptors (Lipinski definition) is 6. The standard InChI is InChI=1S/C21H24N4O3S/c1-28-16-6-4-15(5-7-16)18(24-9-2-3-10-24)12-22-19(26)13-25-14-23-20-17(21(25)27)8-11-29-20/h4-8,11,14,18H,2-3,9-10,12-13H2,1H3,(H,22,26)/t18-/m1/s1. The molecule has 2 aromatic heterocycles. The maximum absolute atomic E-state index is 12.6. The Morgan fingerprint density at radius 1 is 1.24 bits per heavy atom. The molecular weight excluding hydrogens is 388 g/mol. The molecule has 7 nitrogen and oxygen atoms in total. The van der Waals surface area contributed by atoms with Crippen molar-refractivity contribution >= 4 is 27.5 Å². The fraction of sp³-hybridized carbons (Fsp3) is 0.381. The molecule has 3 aromatic rings. The number of nitrogens with zero attached hydrogens (tertiary/aromatic N) is 3. The van der Waals surface area contributed by atoms with E-state index in [4.69, 9.17) is 4.74 Å². The maximum atomic E-state index is 12.6. The van der Waals surface area contributed by atoms with Gasteiger partial charge in [0.25, 0.3) is 5.56 Å². The normalized spacial score (nSPS) is 15.5. The molecule has 0 aliphatic carbocycles. The zero-order valence-corrected chi connectivity index (χ0v) is 17.2. The van der Waals surface area contributed by atoms with Crippen molar-refractivity contribution in [1.29, 1.82) is 0 Å². The summed E-state index contributed by atoms with van der Waals surface area (Å²) < 4.78 is 6.62. The van der Waals surface area contributed by atoms with Crippen LogP contribution in [0.3, 0.4) is 0 Å². The third kappa shape index (κ3) is 4.33. The molecule has 29 heavy (non-hydrogen) atoms. The second-order valence-electron chi connectivity index (χ2n) is 7.15. The molecule has 1 aliphatic heterocycles. The van der Waals surface area contributed by atoms with Gasteiger partial charge in [0.15, 0.2) is 0 Å². The summed E-state index contributed by atoms with van der Waals surface area (Å²) in [5, 5.41) is 5.39. The molecule has 1 atom stereocenters. The molecule has 1 amide bonds. The molecule has 1 fully saturated rings. The number of aromatic nitrogens is 2. The number of benzene rings is 1. The van der Waals surface area contributed by atoms with Crippen LogP contribution in [0, 0.1) is 0 Å². The first-order chi connectivity index (χ1) is 14.2. The minimum atomic E-state index is -0.193. The average molecular weight is 413 g/mol. The summed E-state index contributed by atoms with van der Waals surface area (Å²) in [5.41, 5.74) is 0.962. The highest BCUT2D eigenvalue weighted by Gasteiger charge is 2.24. The molecule has 3 heterocycles. The van der Waals surface area contributed by atoms with E-state index in [1.54, 1.807) is 13.2 Å². The summed E-state index contributed by atoms with van der Waals surface area (Å²) in [6, 6.07) is 9.83. The minimum absolute atomic E-state index is 0.0348. The van der Waals surface area contributed by atoms with E-state index in [0.29, 0.717) is 16.8 Å². The van der Waals surface area contributed by atoms with Crippen molar-refractivity contribution in [3.8, 4) is 5.75 Å². The Balaban J connectivity index is 1.45. The lowest BCUT2D eigenvalue weighted by Gasteiger charge is -2.28. The Bertz CT molecular complexity index is 1040. The molecule has 0 saturated carbocycles. The molecule has 0 bridgehead atoms. The average Bonchev–Trinajstić information content (AvgIpc) is 3.43. The lowest BCUT2D eigenvalue weighted by atomic mass is 10.1. The van der Waals surface area contributed by atoms with Gasteiger partial charge in [-0.15, -0.1) is 11.3 Å². The van der Waals surface area contributed by atoms with Gasteiger partial charge in [0.05, 0.1) is 24.9 Å². The van der Waals surface area contributed by atoms with Gasteiger partial charge in [0.1, 0.15) is 17.1 Å². The van der Waals surface area contributed by atoms with E-state index < -0.39 is 0 Å². The number of rotatable bonds is 7. The van der Waals surface area contributed by atoms with Crippen LogP contribution in [0.2, 0.25) is 0 Å². The zero-order valence-electron chi connectivity index (χ0n) is 16.3. The van der Waals surface area contributed by atoms with Crippen molar-refractivity contribution in [2.75, 3.05) is 26.7 Å². The van der Waals surface area contributed by atoms with E-state index in [1.165, 1.54) is 35.1 Å². The summed E-state index contributed by atoms with van der Waals surface area (Å²) in [6.07, 6.45) is 3.78. The Morgan fingerprint density at radius 2 is 2.00 bits per heavy atom. The highest BCUT2D eigenvalue weighted by atomic mass is 32.1. The summed E-state index contributed by atoms with van der Waals surface area (Å²) in [5.74, 6) is 0.620. The van der Waals surface area contributed by atoms with Crippen molar-refractivity contribution in [2.45, 2.75) is 25.4 Å². The first-order valence-corrected chi connectivity index (χ1v) is 10.6. The van der Waals surface area contributed by atoms with E-state index >= 15 is 0 Å². The quantitative estimate of drug-likeness (QED) is 0.645. The largest absolute Gasteiger partial charge is 0.497 e. The topological polar surface area (TPSA) is 76.5 Å². The number of carbonyl (C=O) groups is 1. The summed E-state index contributed by atoms with van der Waals surface area (Å²) in [4.78, 5) is 32.4. The van der Waals surface area contributed by atoms with Gasteiger partial charge < -0.3 is 10.1 Å². The number of methoxy groups -OCH3 is 1. The molecule has 0 unspecified atom stereocenters. The second kappa shape index (κ2) is 8.75. The van der Waals surface area contributed by atoms with Gasteiger partial charge in [-0.25, -0.2) is 4.98 Å². The van der Waals surface area contributed by atoms with E-state index in [-0.39, 0.29) is 24.1 Å². The van der Waals surface area contributed by atoms with Crippen LogP contribution in [0.1, 0.15) is 24.4 Å². The fourth-order valence-corrected chi connectivity index (χ4v) is 4.49. The van der Waals surface area contributed by atoms with Gasteiger partial charge in [-0.05, 0) is 55.1 Å². The van der Waals surface area contributed by atoms with E-state index in [9.17, 15) is 9.59 Å². The summed E-state index contributed by atoms with van der Waals surface area (Å²) >= 11 is 1.42. The van der Waals surface area contributed by atoms with Crippen LogP contribution >= 0.6 is 11.3 Å². The van der Waals surface area contributed by atoms with Gasteiger partial charge in [0, 0.05) is 6.54 Å². The van der Waals surface area contributed by atoms with Crippen LogP contribution in [-0.4, -0.2) is 47.1 Å². The van der Waals surface area contributed by atoms with Crippen LogP contribution in [-0.2, 0) is 11.3 Å². The molecule has 1 aromatic carbocycles. The van der Waals surface area contributed by atoms with Gasteiger partial charge >= 0.3 is 0 Å². The third-order valence-corrected chi connectivity index (χ3v) is 6.16. The van der Waals surface area contributed by atoms with E-state index in [2.05, 4.69) is 15.2 Å². The van der Waals surface area contributed by atoms with E-state index in [1.807, 2.05) is 29.6 Å². The Hall–Kier alpha value is -2.71. The number of likely N-dealkylation sites (tertiary alicyclic amines) is 1. The number of hydrogen-bond donors (Lipinski definition) is 1. The highest BCUT2D eigenvalue weighted by Crippen LogP contribution is 2.26. The summed E-state index contributed by atoms with van der Waals surface area (Å²) in [7, 11) is 1.65. The first-order valence-electron chi connectivity index (χ1n) is 9.73. The number of ether oxygens (including phenoxy) is 1. The minimum Gasteiger partial charge on any atom is -0.497 e. The number of thiophene rings is 1. The van der Waals surface area contributed by atoms with Crippen LogP contribution in [0.25, 0.3) is 10.2 Å². The second-order valence-corrected chi connectivity index (χ2v) is 8.05. The summed E-state index contributed by atoms with van der Waals surface area (Å²) in [6.45, 7) is 2.50. The molecule has 1 N–H and O–H groups in total. The smallest absolute Gasteiger partial charge is 0.262 e. The Labute approximate surface area is 172 Å². The molecular formula is C21H24N4O3S. The molecule has 8 heteroatoms. The molecule has 1 saturated heterocycles. The molecule has 0 radical (unpaired) electrons. The lowest BCUT2D eigenvalue weighted by Crippen LogP contribution is -2.39. The van der Waals surface area contributed by atoms with Crippen molar-refractivity contribution in [3.05, 3.63) is 58.0 Å². The van der Waals surface area contributed by atoms with Gasteiger partial charge in [-0.3, -0.25) is 19.1 Å². The van der Waals surface area contributed by atoms with Crippen molar-refractivity contribution < 1.29 is 9.53 Å². The fourth-order valence-electron chi connectivity index (χ4n) is 3.76. The predicted molar refractivity (Wildman–Crippen MR) is 113 cm³/mol. The molecule has 1 aliphatic rings. The number of carbonyl (C=O) groups excluding carboxylic acids is 1. The molecule has 0 spiro atoms. The van der Waals surface area contributed by atoms with Crippen LogP contribution in [0.5, 0.6) is 5.75 Å². The number of nitrogens with one attached hydrogen (secondary N) is 1. The monoisotopic (exact) mass is 412 g/mol. The van der Waals surface area contributed by atoms with Crippen LogP contribution in [0.15, 0.2) is 46.8 Å². The predicted octanol–water partition coefficient (Wildman–Crippen LogP) is 2.42. The van der Waals surface area contributed by atoms with Gasteiger partial charge in [0.2, 0.25) is 5.91 Å². The zero-order chi connectivity index (χ0) is 20.2. The van der Waals surface area contributed by atoms with E-state index in [0.717, 1.165) is 24.4 Å². The van der Waals surface area contributed by atoms with Crippen LogP contribution in [0.4, 0.5) is 0 Å². The number of fused-ring (bicyclic) bond motifs is 1. The maximum Gasteiger partial charge on any atom is 0.262 e. The highest BCUT2D eigenvalue weighted by molar-refractivity contribution is 7.16. The van der Waals surface area contributed by atoms with Crippen molar-refractivity contribution in [1.82, 2.24) is 19.8 Å². The Morgan fingerprint density at radius 3 is 2.72 bits per heavy atom. The lowest BCUT2D eigenvalue weighted by molar-refractivity contribution is -0.122. The van der Waals surface area contributed by atoms with Gasteiger partial charge in [-0.1, -0.05) is 12.1 Å². The molecule has 152 valence electrons. The SMILES string of the molecule is COc1ccc([C@@H](CNC(=O)Cn2cnc3sccc3c2=O)N2CCCC2)cc1. The van der Waals surface area contributed by atoms with Gasteiger partial charge in [-0.2, -0.15) is 0 Å². The first kappa shape index (κ1) is 19.6. The Kier molecular flexibility index (Phi) is 5.92.